The molecular weight excluding hydrogens is 516 g/mol. The molecule has 0 spiro atoms. The molecule has 1 aliphatic heterocycles. The molecule has 0 radical (unpaired) electrons. The Labute approximate surface area is 202 Å². The number of rotatable bonds is 6. The molecule has 1 N–H and O–H groups in total. The molecular formula is C26H28Br2N2O. The molecule has 0 unspecified atom stereocenters. The van der Waals surface area contributed by atoms with Gasteiger partial charge < -0.3 is 10.2 Å². The third kappa shape index (κ3) is 6.28. The van der Waals surface area contributed by atoms with E-state index in [2.05, 4.69) is 90.6 Å². The average Bonchev–Trinajstić information content (AvgIpc) is 2.97. The lowest BCUT2D eigenvalue weighted by Crippen LogP contribution is -2.22. The minimum Gasteiger partial charge on any atom is -0.341 e. The van der Waals surface area contributed by atoms with Crippen LogP contribution in [0, 0.1) is 0 Å². The number of aryl methyl sites for hydroxylation is 2. The summed E-state index contributed by atoms with van der Waals surface area (Å²) in [5.41, 5.74) is 6.42. The average molecular weight is 544 g/mol. The molecule has 0 aromatic heterocycles. The highest BCUT2D eigenvalue weighted by molar-refractivity contribution is 9.10. The number of hydrogen-bond donors (Lipinski definition) is 1. The molecule has 0 saturated heterocycles. The smallest absolute Gasteiger partial charge is 0.174 e. The van der Waals surface area contributed by atoms with E-state index in [0.717, 1.165) is 42.4 Å². The van der Waals surface area contributed by atoms with Crippen LogP contribution in [-0.2, 0) is 12.8 Å². The summed E-state index contributed by atoms with van der Waals surface area (Å²) in [6, 6.07) is 25.1. The zero-order chi connectivity index (χ0) is 22.1. The summed E-state index contributed by atoms with van der Waals surface area (Å²) in [5.74, 6) is 0.0949. The highest BCUT2D eigenvalue weighted by atomic mass is 79.9. The summed E-state index contributed by atoms with van der Waals surface area (Å²) in [6.45, 7) is 2.12. The number of anilines is 2. The van der Waals surface area contributed by atoms with Gasteiger partial charge in [0, 0.05) is 28.0 Å². The maximum Gasteiger partial charge on any atom is 0.174 e. The third-order valence-electron chi connectivity index (χ3n) is 5.33. The van der Waals surface area contributed by atoms with Gasteiger partial charge in [-0.1, -0.05) is 86.5 Å². The van der Waals surface area contributed by atoms with E-state index >= 15 is 0 Å². The summed E-state index contributed by atoms with van der Waals surface area (Å²) >= 11 is 6.41. The number of carbonyl (C=O) groups is 1. The molecule has 1 aliphatic rings. The highest BCUT2D eigenvalue weighted by Gasteiger charge is 2.19. The Morgan fingerprint density at radius 3 is 2.00 bits per heavy atom. The topological polar surface area (TPSA) is 32.3 Å². The maximum absolute atomic E-state index is 11.2. The van der Waals surface area contributed by atoms with E-state index in [1.165, 1.54) is 22.5 Å². The van der Waals surface area contributed by atoms with Gasteiger partial charge in [0.1, 0.15) is 0 Å². The number of alkyl halides is 1. The van der Waals surface area contributed by atoms with Crippen molar-refractivity contribution in [2.75, 3.05) is 30.4 Å². The van der Waals surface area contributed by atoms with Crippen molar-refractivity contribution in [3.8, 4) is 0 Å². The number of carbonyl (C=O) groups excluding carboxylic acids is 1. The Morgan fingerprint density at radius 2 is 1.45 bits per heavy atom. The molecule has 4 rings (SSSR count). The minimum atomic E-state index is 0.0949. The molecule has 162 valence electrons. The zero-order valence-corrected chi connectivity index (χ0v) is 21.0. The minimum absolute atomic E-state index is 0.0949. The Morgan fingerprint density at radius 1 is 0.903 bits per heavy atom. The summed E-state index contributed by atoms with van der Waals surface area (Å²) in [6.07, 6.45) is 3.42. The number of ketones is 1. The molecule has 0 saturated carbocycles. The standard InChI is InChI=1S/C18H22N2.C8H6Br2O/c1-19-13-6-14-20-17-9-4-2-7-15(17)11-12-16-8-3-5-10-18(16)20;9-5-8(11)6-3-1-2-4-7(6)10/h2-5,7-10,19H,6,11-14H2,1H3;1-4H,5H2. The van der Waals surface area contributed by atoms with Crippen LogP contribution < -0.4 is 10.2 Å². The van der Waals surface area contributed by atoms with E-state index in [1.54, 1.807) is 6.07 Å². The van der Waals surface area contributed by atoms with Gasteiger partial charge in [0.25, 0.3) is 0 Å². The van der Waals surface area contributed by atoms with Gasteiger partial charge in [-0.25, -0.2) is 0 Å². The lowest BCUT2D eigenvalue weighted by Gasteiger charge is -2.27. The molecule has 3 aromatic carbocycles. The van der Waals surface area contributed by atoms with E-state index in [1.807, 2.05) is 25.2 Å². The van der Waals surface area contributed by atoms with Gasteiger partial charge in [0.05, 0.1) is 5.33 Å². The number of nitrogens with zero attached hydrogens (tertiary/aromatic N) is 1. The predicted octanol–water partition coefficient (Wildman–Crippen LogP) is 6.56. The van der Waals surface area contributed by atoms with Crippen molar-refractivity contribution in [3.05, 3.63) is 94.0 Å². The fourth-order valence-corrected chi connectivity index (χ4v) is 4.59. The van der Waals surface area contributed by atoms with Crippen LogP contribution in [0.25, 0.3) is 0 Å². The van der Waals surface area contributed by atoms with Crippen LogP contribution in [0.4, 0.5) is 11.4 Å². The highest BCUT2D eigenvalue weighted by Crippen LogP contribution is 2.35. The molecule has 3 aromatic rings. The number of halogens is 2. The molecule has 0 fully saturated rings. The van der Waals surface area contributed by atoms with Crippen LogP contribution >= 0.6 is 31.9 Å². The first kappa shape index (κ1) is 23.7. The van der Waals surface area contributed by atoms with Crippen molar-refractivity contribution in [1.82, 2.24) is 5.32 Å². The number of nitrogens with one attached hydrogen (secondary N) is 1. The third-order valence-corrected chi connectivity index (χ3v) is 6.53. The molecule has 1 heterocycles. The molecule has 31 heavy (non-hydrogen) atoms. The van der Waals surface area contributed by atoms with Gasteiger partial charge in [-0.05, 0) is 62.2 Å². The van der Waals surface area contributed by atoms with Crippen LogP contribution in [0.1, 0.15) is 27.9 Å². The summed E-state index contributed by atoms with van der Waals surface area (Å²) < 4.78 is 0.851. The number of benzene rings is 3. The van der Waals surface area contributed by atoms with Gasteiger partial charge in [-0.3, -0.25) is 4.79 Å². The maximum atomic E-state index is 11.2. The van der Waals surface area contributed by atoms with Crippen LogP contribution in [0.2, 0.25) is 0 Å². The van der Waals surface area contributed by atoms with Crippen molar-refractivity contribution < 1.29 is 4.79 Å². The molecule has 0 aliphatic carbocycles. The summed E-state index contributed by atoms with van der Waals surface area (Å²) in [7, 11) is 2.02. The Balaban J connectivity index is 0.000000210. The molecule has 0 atom stereocenters. The van der Waals surface area contributed by atoms with E-state index < -0.39 is 0 Å². The van der Waals surface area contributed by atoms with Crippen LogP contribution in [0.5, 0.6) is 0 Å². The fourth-order valence-electron chi connectivity index (χ4n) is 3.78. The number of para-hydroxylation sites is 2. The number of hydrogen-bond acceptors (Lipinski definition) is 3. The van der Waals surface area contributed by atoms with Crippen molar-refractivity contribution >= 4 is 49.0 Å². The fraction of sp³-hybridized carbons (Fsp3) is 0.269. The van der Waals surface area contributed by atoms with Gasteiger partial charge >= 0.3 is 0 Å². The first-order valence-corrected chi connectivity index (χ1v) is 12.5. The second-order valence-electron chi connectivity index (χ2n) is 7.40. The van der Waals surface area contributed by atoms with E-state index in [0.29, 0.717) is 5.33 Å². The van der Waals surface area contributed by atoms with Gasteiger partial charge in [-0.15, -0.1) is 0 Å². The van der Waals surface area contributed by atoms with Crippen molar-refractivity contribution in [3.63, 3.8) is 0 Å². The number of fused-ring (bicyclic) bond motifs is 2. The number of Topliss-reactive ketones (excluding diaryl/α,β-unsaturated/α-hetero) is 1. The lowest BCUT2D eigenvalue weighted by atomic mass is 10.0. The largest absolute Gasteiger partial charge is 0.341 e. The Hall–Kier alpha value is -1.95. The van der Waals surface area contributed by atoms with Crippen LogP contribution in [0.3, 0.4) is 0 Å². The molecule has 0 bridgehead atoms. The van der Waals surface area contributed by atoms with Crippen molar-refractivity contribution in [2.45, 2.75) is 19.3 Å². The second kappa shape index (κ2) is 12.2. The quantitative estimate of drug-likeness (QED) is 0.217. The van der Waals surface area contributed by atoms with Crippen molar-refractivity contribution in [1.29, 1.82) is 0 Å². The first-order valence-electron chi connectivity index (χ1n) is 10.6. The van der Waals surface area contributed by atoms with Gasteiger partial charge in [0.15, 0.2) is 5.78 Å². The monoisotopic (exact) mass is 542 g/mol. The Bertz CT molecular complexity index is 958. The van der Waals surface area contributed by atoms with Crippen molar-refractivity contribution in [2.24, 2.45) is 0 Å². The molecule has 0 amide bonds. The van der Waals surface area contributed by atoms with Gasteiger partial charge in [-0.2, -0.15) is 0 Å². The molecule has 3 nitrogen and oxygen atoms in total. The lowest BCUT2D eigenvalue weighted by molar-refractivity contribution is 0.102. The Kier molecular flexibility index (Phi) is 9.31. The van der Waals surface area contributed by atoms with Gasteiger partial charge in [0.2, 0.25) is 0 Å². The van der Waals surface area contributed by atoms with E-state index in [-0.39, 0.29) is 5.78 Å². The SMILES string of the molecule is CNCCCN1c2ccccc2CCc2ccccc21.O=C(CBr)c1ccccc1Br. The normalized spacial score (nSPS) is 12.2. The summed E-state index contributed by atoms with van der Waals surface area (Å²) in [4.78, 5) is 13.7. The van der Waals surface area contributed by atoms with Crippen LogP contribution in [0.15, 0.2) is 77.3 Å². The first-order chi connectivity index (χ1) is 15.2. The van der Waals surface area contributed by atoms with Crippen LogP contribution in [-0.4, -0.2) is 31.3 Å². The zero-order valence-electron chi connectivity index (χ0n) is 17.8. The predicted molar refractivity (Wildman–Crippen MR) is 138 cm³/mol. The van der Waals surface area contributed by atoms with E-state index in [9.17, 15) is 4.79 Å². The molecule has 5 heteroatoms. The summed E-state index contributed by atoms with van der Waals surface area (Å²) in [5, 5.41) is 3.61. The van der Waals surface area contributed by atoms with E-state index in [4.69, 9.17) is 0 Å². The second-order valence-corrected chi connectivity index (χ2v) is 8.82.